The van der Waals surface area contributed by atoms with Crippen molar-refractivity contribution in [3.05, 3.63) is 65.1 Å². The molecule has 196 valence electrons. The monoisotopic (exact) mass is 517 g/mol. The van der Waals surface area contributed by atoms with Crippen molar-refractivity contribution in [1.29, 1.82) is 0 Å². The van der Waals surface area contributed by atoms with E-state index >= 15 is 0 Å². The van der Waals surface area contributed by atoms with Gasteiger partial charge in [-0.25, -0.2) is 14.4 Å². The summed E-state index contributed by atoms with van der Waals surface area (Å²) >= 11 is 0. The van der Waals surface area contributed by atoms with E-state index in [1.54, 1.807) is 24.4 Å². The molecule has 0 aliphatic carbocycles. The van der Waals surface area contributed by atoms with Gasteiger partial charge in [0, 0.05) is 42.4 Å². The maximum Gasteiger partial charge on any atom is 0.419 e. The molecule has 5 rings (SSSR count). The van der Waals surface area contributed by atoms with Gasteiger partial charge in [-0.1, -0.05) is 12.1 Å². The van der Waals surface area contributed by atoms with E-state index in [1.807, 2.05) is 0 Å². The lowest BCUT2D eigenvalue weighted by atomic mass is 9.96. The summed E-state index contributed by atoms with van der Waals surface area (Å²) < 4.78 is 58.9. The van der Waals surface area contributed by atoms with Crippen LogP contribution in [-0.2, 0) is 10.9 Å². The third-order valence-electron chi connectivity index (χ3n) is 6.84. The van der Waals surface area contributed by atoms with Crippen molar-refractivity contribution in [3.8, 4) is 0 Å². The molecule has 1 aromatic heterocycles. The molecule has 0 saturated carbocycles. The van der Waals surface area contributed by atoms with Crippen molar-refractivity contribution in [3.63, 3.8) is 0 Å². The smallest absolute Gasteiger partial charge is 0.381 e. The van der Waals surface area contributed by atoms with Gasteiger partial charge >= 0.3 is 6.18 Å². The van der Waals surface area contributed by atoms with Gasteiger partial charge in [0.15, 0.2) is 0 Å². The number of ether oxygens (including phenoxy) is 1. The summed E-state index contributed by atoms with van der Waals surface area (Å²) in [6.45, 7) is 2.06. The normalized spacial score (nSPS) is 19.6. The quantitative estimate of drug-likeness (QED) is 0.415. The van der Waals surface area contributed by atoms with Gasteiger partial charge in [-0.2, -0.15) is 13.2 Å². The summed E-state index contributed by atoms with van der Waals surface area (Å²) in [5.41, 5.74) is -0.156. The summed E-state index contributed by atoms with van der Waals surface area (Å²) in [5, 5.41) is 10.2. The van der Waals surface area contributed by atoms with Crippen molar-refractivity contribution >= 4 is 22.8 Å². The molecule has 2 saturated heterocycles. The number of alkyl halides is 3. The second-order valence-corrected chi connectivity index (χ2v) is 9.39. The molecule has 3 N–H and O–H groups in total. The Hall–Kier alpha value is -3.31. The van der Waals surface area contributed by atoms with Gasteiger partial charge in [0.2, 0.25) is 5.95 Å². The molecule has 3 aromatic rings. The lowest BCUT2D eigenvalue weighted by molar-refractivity contribution is -0.140. The van der Waals surface area contributed by atoms with Gasteiger partial charge in [-0.3, -0.25) is 4.79 Å². The zero-order valence-corrected chi connectivity index (χ0v) is 19.9. The number of amides is 1. The Morgan fingerprint density at radius 2 is 1.92 bits per heavy atom. The Morgan fingerprint density at radius 1 is 1.11 bits per heavy atom. The molecule has 37 heavy (non-hydrogen) atoms. The van der Waals surface area contributed by atoms with E-state index < -0.39 is 29.5 Å². The zero-order valence-electron chi connectivity index (χ0n) is 19.9. The predicted molar refractivity (Wildman–Crippen MR) is 130 cm³/mol. The summed E-state index contributed by atoms with van der Waals surface area (Å²) in [7, 11) is 0. The van der Waals surface area contributed by atoms with E-state index in [0.29, 0.717) is 43.2 Å². The first-order chi connectivity index (χ1) is 17.8. The Labute approximate surface area is 211 Å². The van der Waals surface area contributed by atoms with Crippen LogP contribution in [0.5, 0.6) is 0 Å². The van der Waals surface area contributed by atoms with Crippen LogP contribution in [0.4, 0.5) is 23.5 Å². The molecule has 1 amide bonds. The van der Waals surface area contributed by atoms with Crippen LogP contribution in [0.2, 0.25) is 0 Å². The molecular formula is C26H27F4N5O2. The van der Waals surface area contributed by atoms with Gasteiger partial charge in [-0.15, -0.1) is 0 Å². The first-order valence-electron chi connectivity index (χ1n) is 12.3. The van der Waals surface area contributed by atoms with Crippen molar-refractivity contribution in [1.82, 2.24) is 20.6 Å². The van der Waals surface area contributed by atoms with Crippen molar-refractivity contribution < 1.29 is 27.1 Å². The maximum absolute atomic E-state index is 14.4. The highest BCUT2D eigenvalue weighted by Crippen LogP contribution is 2.33. The second kappa shape index (κ2) is 10.6. The third kappa shape index (κ3) is 5.83. The van der Waals surface area contributed by atoms with Gasteiger partial charge < -0.3 is 20.7 Å². The number of carbonyl (C=O) groups excluding carboxylic acids is 1. The molecule has 2 aromatic carbocycles. The highest BCUT2D eigenvalue weighted by atomic mass is 19.4. The fraction of sp³-hybridized carbons (Fsp3) is 0.423. The van der Waals surface area contributed by atoms with Gasteiger partial charge in [0.05, 0.1) is 17.1 Å². The number of carbonyl (C=O) groups is 1. The maximum atomic E-state index is 14.4. The van der Waals surface area contributed by atoms with Crippen molar-refractivity contribution in [2.75, 3.05) is 25.1 Å². The first kappa shape index (κ1) is 25.3. The number of fused-ring (bicyclic) bond motifs is 1. The van der Waals surface area contributed by atoms with Crippen LogP contribution < -0.4 is 16.0 Å². The lowest BCUT2D eigenvalue weighted by Crippen LogP contribution is -2.41. The fourth-order valence-electron chi connectivity index (χ4n) is 4.85. The van der Waals surface area contributed by atoms with E-state index in [-0.39, 0.29) is 17.6 Å². The van der Waals surface area contributed by atoms with Gasteiger partial charge in [0.25, 0.3) is 5.91 Å². The predicted octanol–water partition coefficient (Wildman–Crippen LogP) is 4.60. The Bertz CT molecular complexity index is 1270. The van der Waals surface area contributed by atoms with E-state index in [9.17, 15) is 22.4 Å². The topological polar surface area (TPSA) is 88.2 Å². The summed E-state index contributed by atoms with van der Waals surface area (Å²) in [6.07, 6.45) is 0.131. The minimum absolute atomic E-state index is 0.210. The molecule has 2 aliphatic heterocycles. The van der Waals surface area contributed by atoms with Gasteiger partial charge in [0.1, 0.15) is 5.82 Å². The number of benzene rings is 2. The van der Waals surface area contributed by atoms with Crippen LogP contribution in [-0.4, -0.2) is 47.7 Å². The zero-order chi connectivity index (χ0) is 26.0. The standard InChI is InChI=1S/C26H27F4N5O2/c27-20-12-15(5-6-19(20)26(28,29)30)23(21-2-1-9-31-21)35-24(36)16-3-4-17-14-32-25(34-22(17)13-16)33-18-7-10-37-11-8-18/h3-6,12-14,18,21,23,31H,1-2,7-11H2,(H,35,36)(H,32,33,34)/t21-,23+/m1/s1. The van der Waals surface area contributed by atoms with Crippen molar-refractivity contribution in [2.45, 2.75) is 50.0 Å². The summed E-state index contributed by atoms with van der Waals surface area (Å²) in [6, 6.07) is 7.08. The molecule has 2 fully saturated rings. The van der Waals surface area contributed by atoms with Gasteiger partial charge in [-0.05, 0) is 62.1 Å². The van der Waals surface area contributed by atoms with Crippen LogP contribution in [0.1, 0.15) is 53.2 Å². The highest BCUT2D eigenvalue weighted by molar-refractivity contribution is 5.98. The number of halogens is 4. The molecular weight excluding hydrogens is 490 g/mol. The molecule has 2 aliphatic rings. The van der Waals surface area contributed by atoms with Crippen LogP contribution in [0.3, 0.4) is 0 Å². The molecule has 0 radical (unpaired) electrons. The molecule has 7 nitrogen and oxygen atoms in total. The van der Waals surface area contributed by atoms with Crippen LogP contribution in [0.25, 0.3) is 10.9 Å². The number of rotatable bonds is 6. The fourth-order valence-corrected chi connectivity index (χ4v) is 4.85. The number of aromatic nitrogens is 2. The molecule has 11 heteroatoms. The third-order valence-corrected chi connectivity index (χ3v) is 6.84. The van der Waals surface area contributed by atoms with Crippen molar-refractivity contribution in [2.24, 2.45) is 0 Å². The number of nitrogens with one attached hydrogen (secondary N) is 3. The van der Waals surface area contributed by atoms with Crippen LogP contribution in [0, 0.1) is 5.82 Å². The average molecular weight is 518 g/mol. The molecule has 0 spiro atoms. The molecule has 0 unspecified atom stereocenters. The van der Waals surface area contributed by atoms with E-state index in [1.165, 1.54) is 6.07 Å². The van der Waals surface area contributed by atoms with Crippen LogP contribution >= 0.6 is 0 Å². The van der Waals surface area contributed by atoms with E-state index in [2.05, 4.69) is 25.9 Å². The number of nitrogens with zero attached hydrogens (tertiary/aromatic N) is 2. The Balaban J connectivity index is 1.38. The summed E-state index contributed by atoms with van der Waals surface area (Å²) in [5.74, 6) is -1.34. The first-order valence-corrected chi connectivity index (χ1v) is 12.3. The average Bonchev–Trinajstić information content (AvgIpc) is 3.41. The second-order valence-electron chi connectivity index (χ2n) is 9.39. The van der Waals surface area contributed by atoms with Crippen LogP contribution in [0.15, 0.2) is 42.6 Å². The number of anilines is 1. The Morgan fingerprint density at radius 3 is 2.62 bits per heavy atom. The molecule has 2 atom stereocenters. The molecule has 3 heterocycles. The Kier molecular flexibility index (Phi) is 7.25. The summed E-state index contributed by atoms with van der Waals surface area (Å²) in [4.78, 5) is 22.2. The number of hydrogen-bond acceptors (Lipinski definition) is 6. The minimum atomic E-state index is -4.79. The lowest BCUT2D eigenvalue weighted by Gasteiger charge is -2.26. The SMILES string of the molecule is O=C(N[C@@H](c1ccc(C(F)(F)F)c(F)c1)[C@H]1CCCN1)c1ccc2cnc(NC3CCOCC3)nc2c1. The number of hydrogen-bond donors (Lipinski definition) is 3. The van der Waals surface area contributed by atoms with E-state index in [4.69, 9.17) is 4.74 Å². The van der Waals surface area contributed by atoms with E-state index in [0.717, 1.165) is 36.8 Å². The largest absolute Gasteiger partial charge is 0.419 e. The molecule has 0 bridgehead atoms. The highest BCUT2D eigenvalue weighted by Gasteiger charge is 2.35. The minimum Gasteiger partial charge on any atom is -0.381 e.